The molecule has 112 valence electrons. The second-order valence-corrected chi connectivity index (χ2v) is 5.94. The zero-order chi connectivity index (χ0) is 14.2. The monoisotopic (exact) mass is 297 g/mol. The van der Waals surface area contributed by atoms with Crippen LogP contribution >= 0.6 is 11.3 Å². The van der Waals surface area contributed by atoms with Crippen molar-refractivity contribution in [1.82, 2.24) is 9.88 Å². The summed E-state index contributed by atoms with van der Waals surface area (Å²) in [5.74, 6) is 0.160. The number of carbonyl (C=O) groups is 1. The van der Waals surface area contributed by atoms with Crippen molar-refractivity contribution >= 4 is 17.2 Å². The maximum atomic E-state index is 12.1. The molecule has 1 aromatic heterocycles. The second-order valence-electron chi connectivity index (χ2n) is 5.00. The highest BCUT2D eigenvalue weighted by molar-refractivity contribution is 7.09. The number of rotatable bonds is 7. The molecule has 0 saturated carbocycles. The minimum Gasteiger partial charge on any atom is -0.378 e. The van der Waals surface area contributed by atoms with E-state index in [4.69, 9.17) is 10.5 Å². The Morgan fingerprint density at radius 2 is 2.15 bits per heavy atom. The number of aromatic nitrogens is 1. The van der Waals surface area contributed by atoms with Crippen molar-refractivity contribution in [3.8, 4) is 0 Å². The van der Waals surface area contributed by atoms with Gasteiger partial charge in [-0.2, -0.15) is 0 Å². The van der Waals surface area contributed by atoms with E-state index in [9.17, 15) is 4.79 Å². The summed E-state index contributed by atoms with van der Waals surface area (Å²) >= 11 is 1.66. The Morgan fingerprint density at radius 3 is 2.90 bits per heavy atom. The van der Waals surface area contributed by atoms with E-state index < -0.39 is 0 Å². The second kappa shape index (κ2) is 8.34. The van der Waals surface area contributed by atoms with Crippen molar-refractivity contribution in [2.45, 2.75) is 32.1 Å². The molecule has 0 atom stereocenters. The Labute approximate surface area is 124 Å². The van der Waals surface area contributed by atoms with Crippen LogP contribution in [-0.4, -0.2) is 48.6 Å². The molecule has 2 N–H and O–H groups in total. The summed E-state index contributed by atoms with van der Waals surface area (Å²) in [5.41, 5.74) is 6.38. The molecular weight excluding hydrogens is 274 g/mol. The van der Waals surface area contributed by atoms with Gasteiger partial charge in [0, 0.05) is 18.5 Å². The molecule has 1 aliphatic heterocycles. The normalized spacial score (nSPS) is 15.6. The highest BCUT2D eigenvalue weighted by atomic mass is 32.1. The first-order chi connectivity index (χ1) is 9.79. The number of nitrogens with two attached hydrogens (primary N) is 1. The summed E-state index contributed by atoms with van der Waals surface area (Å²) in [4.78, 5) is 18.5. The van der Waals surface area contributed by atoms with Crippen LogP contribution in [0.5, 0.6) is 0 Å². The molecule has 0 aromatic carbocycles. The third kappa shape index (κ3) is 4.85. The third-order valence-corrected chi connectivity index (χ3v) is 4.35. The standard InChI is InChI=1S/C14H23N3O2S/c15-5-3-1-2-4-13-16-12(11-20-13)10-14(18)17-6-8-19-9-7-17/h11H,1-10,15H2. The van der Waals surface area contributed by atoms with E-state index in [0.717, 1.165) is 42.9 Å². The fourth-order valence-corrected chi connectivity index (χ4v) is 3.06. The van der Waals surface area contributed by atoms with E-state index >= 15 is 0 Å². The highest BCUT2D eigenvalue weighted by Gasteiger charge is 2.18. The topological polar surface area (TPSA) is 68.5 Å². The van der Waals surface area contributed by atoms with E-state index in [0.29, 0.717) is 32.7 Å². The SMILES string of the molecule is NCCCCCc1nc(CC(=O)N2CCOCC2)cs1. The molecule has 0 radical (unpaired) electrons. The average molecular weight is 297 g/mol. The Bertz CT molecular complexity index is 416. The number of hydrogen-bond acceptors (Lipinski definition) is 5. The largest absolute Gasteiger partial charge is 0.378 e. The van der Waals surface area contributed by atoms with E-state index in [2.05, 4.69) is 4.98 Å². The zero-order valence-corrected chi connectivity index (χ0v) is 12.7. The lowest BCUT2D eigenvalue weighted by atomic mass is 10.2. The summed E-state index contributed by atoms with van der Waals surface area (Å²) in [7, 11) is 0. The first kappa shape index (κ1) is 15.4. The van der Waals surface area contributed by atoms with E-state index in [1.165, 1.54) is 0 Å². The molecule has 1 aromatic rings. The molecule has 0 spiro atoms. The summed E-state index contributed by atoms with van der Waals surface area (Å²) in [6.07, 6.45) is 4.77. The molecule has 0 bridgehead atoms. The van der Waals surface area contributed by atoms with Crippen molar-refractivity contribution in [1.29, 1.82) is 0 Å². The van der Waals surface area contributed by atoms with E-state index in [1.54, 1.807) is 11.3 Å². The number of hydrogen-bond donors (Lipinski definition) is 1. The van der Waals surface area contributed by atoms with Crippen molar-refractivity contribution in [2.24, 2.45) is 5.73 Å². The Kier molecular flexibility index (Phi) is 6.42. The molecule has 0 aliphatic carbocycles. The molecule has 2 heterocycles. The number of carbonyl (C=O) groups excluding carboxylic acids is 1. The van der Waals surface area contributed by atoms with Crippen LogP contribution in [0.25, 0.3) is 0 Å². The lowest BCUT2D eigenvalue weighted by Gasteiger charge is -2.26. The number of unbranched alkanes of at least 4 members (excludes halogenated alkanes) is 2. The van der Waals surface area contributed by atoms with Gasteiger partial charge in [0.1, 0.15) is 0 Å². The molecule has 5 nitrogen and oxygen atoms in total. The third-order valence-electron chi connectivity index (χ3n) is 3.39. The molecular formula is C14H23N3O2S. The van der Waals surface area contributed by atoms with Crippen molar-refractivity contribution in [2.75, 3.05) is 32.8 Å². The smallest absolute Gasteiger partial charge is 0.228 e. The van der Waals surface area contributed by atoms with Crippen LogP contribution in [0.2, 0.25) is 0 Å². The average Bonchev–Trinajstić information content (AvgIpc) is 2.92. The van der Waals surface area contributed by atoms with Crippen LogP contribution in [0.15, 0.2) is 5.38 Å². The minimum absolute atomic E-state index is 0.160. The molecule has 0 unspecified atom stereocenters. The van der Waals surface area contributed by atoms with Crippen LogP contribution in [0.1, 0.15) is 30.0 Å². The fourth-order valence-electron chi connectivity index (χ4n) is 2.22. The van der Waals surface area contributed by atoms with Gasteiger partial charge < -0.3 is 15.4 Å². The fraction of sp³-hybridized carbons (Fsp3) is 0.714. The molecule has 1 saturated heterocycles. The molecule has 2 rings (SSSR count). The molecule has 6 heteroatoms. The molecule has 1 amide bonds. The first-order valence-corrected chi connectivity index (χ1v) is 8.16. The van der Waals surface area contributed by atoms with Crippen LogP contribution in [0.4, 0.5) is 0 Å². The van der Waals surface area contributed by atoms with Crippen LogP contribution < -0.4 is 5.73 Å². The summed E-state index contributed by atoms with van der Waals surface area (Å²) in [6.45, 7) is 3.46. The van der Waals surface area contributed by atoms with Gasteiger partial charge in [0.2, 0.25) is 5.91 Å². The summed E-state index contributed by atoms with van der Waals surface area (Å²) in [5, 5.41) is 3.14. The maximum absolute atomic E-state index is 12.1. The number of ether oxygens (including phenoxy) is 1. The quantitative estimate of drug-likeness (QED) is 0.768. The number of aryl methyl sites for hydroxylation is 1. The predicted molar refractivity (Wildman–Crippen MR) is 79.8 cm³/mol. The Morgan fingerprint density at radius 1 is 1.35 bits per heavy atom. The van der Waals surface area contributed by atoms with Crippen molar-refractivity contribution in [3.63, 3.8) is 0 Å². The van der Waals surface area contributed by atoms with Crippen LogP contribution in [0.3, 0.4) is 0 Å². The van der Waals surface area contributed by atoms with Gasteiger partial charge in [-0.3, -0.25) is 4.79 Å². The predicted octanol–water partition coefficient (Wildman–Crippen LogP) is 1.22. The number of morpholine rings is 1. The number of amides is 1. The highest BCUT2D eigenvalue weighted by Crippen LogP contribution is 2.14. The van der Waals surface area contributed by atoms with Crippen LogP contribution in [-0.2, 0) is 22.4 Å². The van der Waals surface area contributed by atoms with Gasteiger partial charge in [-0.25, -0.2) is 4.98 Å². The van der Waals surface area contributed by atoms with Gasteiger partial charge >= 0.3 is 0 Å². The van der Waals surface area contributed by atoms with Gasteiger partial charge in [0.25, 0.3) is 0 Å². The number of nitrogens with zero attached hydrogens (tertiary/aromatic N) is 2. The van der Waals surface area contributed by atoms with Gasteiger partial charge in [-0.15, -0.1) is 11.3 Å². The van der Waals surface area contributed by atoms with Gasteiger partial charge in [0.05, 0.1) is 30.3 Å². The summed E-state index contributed by atoms with van der Waals surface area (Å²) in [6, 6.07) is 0. The maximum Gasteiger partial charge on any atom is 0.228 e. The van der Waals surface area contributed by atoms with Crippen LogP contribution in [0, 0.1) is 0 Å². The van der Waals surface area contributed by atoms with Gasteiger partial charge in [0.15, 0.2) is 0 Å². The van der Waals surface area contributed by atoms with Crippen molar-refractivity contribution < 1.29 is 9.53 Å². The zero-order valence-electron chi connectivity index (χ0n) is 11.8. The van der Waals surface area contributed by atoms with Crippen molar-refractivity contribution in [3.05, 3.63) is 16.1 Å². The molecule has 1 fully saturated rings. The Hall–Kier alpha value is -0.980. The van der Waals surface area contributed by atoms with Gasteiger partial charge in [-0.05, 0) is 25.8 Å². The Balaban J connectivity index is 1.75. The lowest BCUT2D eigenvalue weighted by Crippen LogP contribution is -2.41. The minimum atomic E-state index is 0.160. The summed E-state index contributed by atoms with van der Waals surface area (Å²) < 4.78 is 5.25. The molecule has 20 heavy (non-hydrogen) atoms. The van der Waals surface area contributed by atoms with E-state index in [1.807, 2.05) is 10.3 Å². The van der Waals surface area contributed by atoms with E-state index in [-0.39, 0.29) is 5.91 Å². The number of thiazole rings is 1. The first-order valence-electron chi connectivity index (χ1n) is 7.28. The molecule has 1 aliphatic rings. The lowest BCUT2D eigenvalue weighted by molar-refractivity contribution is -0.134. The van der Waals surface area contributed by atoms with Gasteiger partial charge in [-0.1, -0.05) is 6.42 Å².